The number of rotatable bonds is 5. The van der Waals surface area contributed by atoms with Gasteiger partial charge in [-0.2, -0.15) is 0 Å². The molecule has 0 saturated carbocycles. The molecular formula is C21H18F2N2O4. The van der Waals surface area contributed by atoms with E-state index in [1.807, 2.05) is 6.07 Å². The van der Waals surface area contributed by atoms with Crippen LogP contribution in [0.2, 0.25) is 0 Å². The van der Waals surface area contributed by atoms with E-state index in [1.54, 1.807) is 12.1 Å². The normalized spacial score (nSPS) is 13.2. The second kappa shape index (κ2) is 7.54. The maximum absolute atomic E-state index is 13.9. The highest BCUT2D eigenvalue weighted by molar-refractivity contribution is 5.97. The van der Waals surface area contributed by atoms with Gasteiger partial charge in [0, 0.05) is 23.4 Å². The summed E-state index contributed by atoms with van der Waals surface area (Å²) in [6.45, 7) is -0.395. The molecule has 6 nitrogen and oxygen atoms in total. The molecule has 0 fully saturated rings. The number of aryl methyl sites for hydroxylation is 2. The standard InChI is InChI=1S/C21H18F2N2O4/c22-15-9-16(23)17(8-14(15)21(24)27)25-20(26)10-28-11-5-6-19-13(7-11)12-3-1-2-4-18(12)29-19/h5-9H,1-4,10H2,(H2,24,27)(H,25,26). The van der Waals surface area contributed by atoms with E-state index in [2.05, 4.69) is 5.32 Å². The Morgan fingerprint density at radius 3 is 2.69 bits per heavy atom. The summed E-state index contributed by atoms with van der Waals surface area (Å²) in [5.41, 5.74) is 6.12. The third kappa shape index (κ3) is 3.78. The van der Waals surface area contributed by atoms with Crippen LogP contribution in [0.15, 0.2) is 34.7 Å². The molecule has 0 radical (unpaired) electrons. The van der Waals surface area contributed by atoms with Crippen molar-refractivity contribution in [3.05, 3.63) is 58.9 Å². The van der Waals surface area contributed by atoms with E-state index in [9.17, 15) is 18.4 Å². The molecule has 4 rings (SSSR count). The number of carbonyl (C=O) groups is 2. The van der Waals surface area contributed by atoms with Gasteiger partial charge < -0.3 is 20.2 Å². The van der Waals surface area contributed by atoms with Crippen molar-refractivity contribution in [3.8, 4) is 5.75 Å². The van der Waals surface area contributed by atoms with E-state index >= 15 is 0 Å². The van der Waals surface area contributed by atoms with E-state index in [0.717, 1.165) is 48.5 Å². The zero-order valence-corrected chi connectivity index (χ0v) is 15.4. The number of amides is 2. The van der Waals surface area contributed by atoms with Gasteiger partial charge in [-0.05, 0) is 43.5 Å². The van der Waals surface area contributed by atoms with Crippen LogP contribution < -0.4 is 15.8 Å². The Hall–Kier alpha value is -3.42. The second-order valence-corrected chi connectivity index (χ2v) is 6.88. The predicted molar refractivity (Wildman–Crippen MR) is 102 cm³/mol. The lowest BCUT2D eigenvalue weighted by Gasteiger charge is -2.10. The van der Waals surface area contributed by atoms with Crippen LogP contribution in [0.3, 0.4) is 0 Å². The van der Waals surface area contributed by atoms with E-state index < -0.39 is 35.6 Å². The molecule has 0 atom stereocenters. The van der Waals surface area contributed by atoms with Gasteiger partial charge in [0.15, 0.2) is 6.61 Å². The monoisotopic (exact) mass is 400 g/mol. The molecule has 1 heterocycles. The van der Waals surface area contributed by atoms with Crippen molar-refractivity contribution < 1.29 is 27.5 Å². The minimum absolute atomic E-state index is 0.354. The number of anilines is 1. The molecule has 3 N–H and O–H groups in total. The maximum Gasteiger partial charge on any atom is 0.262 e. The van der Waals surface area contributed by atoms with Gasteiger partial charge in [-0.15, -0.1) is 0 Å². The summed E-state index contributed by atoms with van der Waals surface area (Å²) in [5, 5.41) is 3.22. The van der Waals surface area contributed by atoms with E-state index in [0.29, 0.717) is 11.8 Å². The lowest BCUT2D eigenvalue weighted by Crippen LogP contribution is -2.22. The Kier molecular flexibility index (Phi) is 4.92. The summed E-state index contributed by atoms with van der Waals surface area (Å²) >= 11 is 0. The van der Waals surface area contributed by atoms with Crippen molar-refractivity contribution in [2.24, 2.45) is 5.73 Å². The van der Waals surface area contributed by atoms with Crippen LogP contribution in [0.25, 0.3) is 11.0 Å². The Morgan fingerprint density at radius 1 is 1.10 bits per heavy atom. The van der Waals surface area contributed by atoms with Gasteiger partial charge in [0.25, 0.3) is 11.8 Å². The quantitative estimate of drug-likeness (QED) is 0.683. The minimum Gasteiger partial charge on any atom is -0.484 e. The van der Waals surface area contributed by atoms with E-state index in [4.69, 9.17) is 14.9 Å². The molecule has 8 heteroatoms. The van der Waals surface area contributed by atoms with Gasteiger partial charge >= 0.3 is 0 Å². The summed E-state index contributed by atoms with van der Waals surface area (Å²) in [6, 6.07) is 6.65. The van der Waals surface area contributed by atoms with E-state index in [-0.39, 0.29) is 5.69 Å². The fourth-order valence-electron chi connectivity index (χ4n) is 3.50. The number of hydrogen-bond donors (Lipinski definition) is 2. The van der Waals surface area contributed by atoms with Crippen molar-refractivity contribution >= 4 is 28.5 Å². The van der Waals surface area contributed by atoms with E-state index in [1.165, 1.54) is 5.56 Å². The van der Waals surface area contributed by atoms with Crippen molar-refractivity contribution in [3.63, 3.8) is 0 Å². The highest BCUT2D eigenvalue weighted by Crippen LogP contribution is 2.34. The Balaban J connectivity index is 1.46. The number of hydrogen-bond acceptors (Lipinski definition) is 4. The molecule has 1 aliphatic carbocycles. The Bertz CT molecular complexity index is 1120. The first-order valence-corrected chi connectivity index (χ1v) is 9.18. The van der Waals surface area contributed by atoms with Crippen molar-refractivity contribution in [1.29, 1.82) is 0 Å². The highest BCUT2D eigenvalue weighted by Gasteiger charge is 2.19. The van der Waals surface area contributed by atoms with Crippen LogP contribution >= 0.6 is 0 Å². The van der Waals surface area contributed by atoms with Crippen LogP contribution in [-0.4, -0.2) is 18.4 Å². The molecule has 0 aliphatic heterocycles. The summed E-state index contributed by atoms with van der Waals surface area (Å²) < 4.78 is 38.7. The molecule has 1 aliphatic rings. The first-order chi connectivity index (χ1) is 13.9. The second-order valence-electron chi connectivity index (χ2n) is 6.88. The van der Waals surface area contributed by atoms with Crippen molar-refractivity contribution in [2.75, 3.05) is 11.9 Å². The molecule has 2 aromatic carbocycles. The lowest BCUT2D eigenvalue weighted by atomic mass is 9.96. The predicted octanol–water partition coefficient (Wildman–Crippen LogP) is 3.71. The topological polar surface area (TPSA) is 94.6 Å². The first-order valence-electron chi connectivity index (χ1n) is 9.18. The molecular weight excluding hydrogens is 382 g/mol. The fraction of sp³-hybridized carbons (Fsp3) is 0.238. The number of halogens is 2. The highest BCUT2D eigenvalue weighted by atomic mass is 19.1. The zero-order valence-electron chi connectivity index (χ0n) is 15.4. The van der Waals surface area contributed by atoms with Crippen LogP contribution in [0.1, 0.15) is 34.5 Å². The number of nitrogens with two attached hydrogens (primary N) is 1. The number of fused-ring (bicyclic) bond motifs is 3. The Labute approximate surface area is 164 Å². The molecule has 29 heavy (non-hydrogen) atoms. The molecule has 1 aromatic heterocycles. The SMILES string of the molecule is NC(=O)c1cc(NC(=O)COc2ccc3oc4c(c3c2)CCCC4)c(F)cc1F. The largest absolute Gasteiger partial charge is 0.484 e. The number of primary amides is 1. The zero-order chi connectivity index (χ0) is 20.5. The maximum atomic E-state index is 13.9. The van der Waals surface area contributed by atoms with Crippen molar-refractivity contribution in [1.82, 2.24) is 0 Å². The Morgan fingerprint density at radius 2 is 1.90 bits per heavy atom. The minimum atomic E-state index is -1.10. The van der Waals surface area contributed by atoms with Crippen LogP contribution in [0.5, 0.6) is 5.75 Å². The number of benzene rings is 2. The molecule has 0 unspecified atom stereocenters. The number of ether oxygens (including phenoxy) is 1. The molecule has 0 saturated heterocycles. The van der Waals surface area contributed by atoms with Crippen LogP contribution in [-0.2, 0) is 17.6 Å². The van der Waals surface area contributed by atoms with Crippen LogP contribution in [0.4, 0.5) is 14.5 Å². The number of carbonyl (C=O) groups excluding carboxylic acids is 2. The third-order valence-electron chi connectivity index (χ3n) is 4.89. The van der Waals surface area contributed by atoms with Gasteiger partial charge in [-0.1, -0.05) is 0 Å². The summed E-state index contributed by atoms with van der Waals surface area (Å²) in [5.74, 6) is -2.38. The third-order valence-corrected chi connectivity index (χ3v) is 4.89. The average Bonchev–Trinajstić information content (AvgIpc) is 3.06. The van der Waals surface area contributed by atoms with Crippen LogP contribution in [0, 0.1) is 11.6 Å². The van der Waals surface area contributed by atoms with Gasteiger partial charge in [0.2, 0.25) is 0 Å². The van der Waals surface area contributed by atoms with Gasteiger partial charge in [0.1, 0.15) is 28.7 Å². The van der Waals surface area contributed by atoms with Crippen molar-refractivity contribution in [2.45, 2.75) is 25.7 Å². The molecule has 0 spiro atoms. The lowest BCUT2D eigenvalue weighted by molar-refractivity contribution is -0.118. The summed E-state index contributed by atoms with van der Waals surface area (Å²) in [4.78, 5) is 23.3. The van der Waals surface area contributed by atoms with Gasteiger partial charge in [0.05, 0.1) is 11.3 Å². The van der Waals surface area contributed by atoms with Gasteiger partial charge in [-0.25, -0.2) is 8.78 Å². The first kappa shape index (κ1) is 18.9. The molecule has 2 amide bonds. The summed E-state index contributed by atoms with van der Waals surface area (Å²) in [6.07, 6.45) is 4.07. The smallest absolute Gasteiger partial charge is 0.262 e. The fourth-order valence-corrected chi connectivity index (χ4v) is 3.50. The number of nitrogens with one attached hydrogen (secondary N) is 1. The molecule has 3 aromatic rings. The molecule has 150 valence electrons. The summed E-state index contributed by atoms with van der Waals surface area (Å²) in [7, 11) is 0. The van der Waals surface area contributed by atoms with Gasteiger partial charge in [-0.3, -0.25) is 9.59 Å². The number of furan rings is 1. The molecule has 0 bridgehead atoms. The average molecular weight is 400 g/mol.